The second-order valence-electron chi connectivity index (χ2n) is 4.79. The summed E-state index contributed by atoms with van der Waals surface area (Å²) < 4.78 is 1.04. The molecule has 8 nitrogen and oxygen atoms in total. The van der Waals surface area contributed by atoms with Gasteiger partial charge >= 0.3 is 5.69 Å². The van der Waals surface area contributed by atoms with Gasteiger partial charge in [-0.25, -0.2) is 14.8 Å². The van der Waals surface area contributed by atoms with Crippen molar-refractivity contribution in [2.45, 2.75) is 13.5 Å². The number of rotatable bonds is 4. The number of aromatic nitrogens is 4. The van der Waals surface area contributed by atoms with Crippen LogP contribution in [0.1, 0.15) is 15.5 Å². The van der Waals surface area contributed by atoms with Crippen molar-refractivity contribution in [1.29, 1.82) is 0 Å². The molecule has 0 saturated heterocycles. The van der Waals surface area contributed by atoms with Gasteiger partial charge in [-0.2, -0.15) is 0 Å². The first kappa shape index (κ1) is 15.1. The van der Waals surface area contributed by atoms with Crippen LogP contribution < -0.4 is 16.6 Å². The molecule has 0 radical (unpaired) electrons. The molecule has 3 aromatic heterocycles. The SMILES string of the molecule is Cc1nc(C(=O)NCCn2c(=O)[nH]c3ncccc3c2=O)cs1. The predicted octanol–water partition coefficient (Wildman–Crippen LogP) is 0.280. The van der Waals surface area contributed by atoms with Crippen LogP contribution >= 0.6 is 11.3 Å². The molecule has 0 bridgehead atoms. The van der Waals surface area contributed by atoms with Crippen LogP contribution in [0.25, 0.3) is 11.0 Å². The lowest BCUT2D eigenvalue weighted by Gasteiger charge is -2.06. The molecular weight excluding hydrogens is 318 g/mol. The van der Waals surface area contributed by atoms with Gasteiger partial charge in [0.25, 0.3) is 11.5 Å². The van der Waals surface area contributed by atoms with Crippen LogP contribution in [-0.4, -0.2) is 32.0 Å². The number of fused-ring (bicyclic) bond motifs is 1. The maximum Gasteiger partial charge on any atom is 0.330 e. The van der Waals surface area contributed by atoms with Crippen molar-refractivity contribution in [3.8, 4) is 0 Å². The molecule has 9 heteroatoms. The number of thiazole rings is 1. The molecule has 0 saturated carbocycles. The van der Waals surface area contributed by atoms with Crippen molar-refractivity contribution in [3.63, 3.8) is 0 Å². The Morgan fingerprint density at radius 1 is 1.43 bits per heavy atom. The van der Waals surface area contributed by atoms with Gasteiger partial charge in [0.05, 0.1) is 10.4 Å². The number of aryl methyl sites for hydroxylation is 1. The Labute approximate surface area is 133 Å². The summed E-state index contributed by atoms with van der Waals surface area (Å²) in [6, 6.07) is 3.21. The maximum atomic E-state index is 12.3. The van der Waals surface area contributed by atoms with E-state index in [1.54, 1.807) is 17.5 Å². The summed E-state index contributed by atoms with van der Waals surface area (Å²) in [5.74, 6) is -0.332. The zero-order chi connectivity index (χ0) is 16.4. The Morgan fingerprint density at radius 2 is 2.26 bits per heavy atom. The summed E-state index contributed by atoms with van der Waals surface area (Å²) in [5.41, 5.74) is -0.409. The molecule has 0 fully saturated rings. The lowest BCUT2D eigenvalue weighted by molar-refractivity contribution is 0.0947. The fourth-order valence-electron chi connectivity index (χ4n) is 2.13. The number of nitrogens with zero attached hydrogens (tertiary/aromatic N) is 3. The van der Waals surface area contributed by atoms with Crippen LogP contribution in [-0.2, 0) is 6.54 Å². The third-order valence-electron chi connectivity index (χ3n) is 3.23. The van der Waals surface area contributed by atoms with Crippen LogP contribution in [0.5, 0.6) is 0 Å². The van der Waals surface area contributed by atoms with Gasteiger partial charge in [0.1, 0.15) is 11.3 Å². The molecule has 0 aromatic carbocycles. The summed E-state index contributed by atoms with van der Waals surface area (Å²) in [6.45, 7) is 2.02. The zero-order valence-electron chi connectivity index (χ0n) is 12.2. The Bertz CT molecular complexity index is 988. The van der Waals surface area contributed by atoms with E-state index in [1.807, 2.05) is 6.92 Å². The number of pyridine rings is 1. The zero-order valence-corrected chi connectivity index (χ0v) is 13.0. The van der Waals surface area contributed by atoms with E-state index in [9.17, 15) is 14.4 Å². The van der Waals surface area contributed by atoms with Crippen molar-refractivity contribution in [2.75, 3.05) is 6.54 Å². The van der Waals surface area contributed by atoms with E-state index in [0.29, 0.717) is 11.1 Å². The van der Waals surface area contributed by atoms with Crippen molar-refractivity contribution >= 4 is 28.3 Å². The Balaban J connectivity index is 1.76. The first-order valence-corrected chi connectivity index (χ1v) is 7.72. The molecule has 118 valence electrons. The highest BCUT2D eigenvalue weighted by molar-refractivity contribution is 7.09. The van der Waals surface area contributed by atoms with Gasteiger partial charge < -0.3 is 5.32 Å². The highest BCUT2D eigenvalue weighted by Crippen LogP contribution is 2.07. The average Bonchev–Trinajstić information content (AvgIpc) is 2.97. The Morgan fingerprint density at radius 3 is 3.00 bits per heavy atom. The van der Waals surface area contributed by atoms with E-state index in [0.717, 1.165) is 9.57 Å². The van der Waals surface area contributed by atoms with Crippen molar-refractivity contribution < 1.29 is 4.79 Å². The summed E-state index contributed by atoms with van der Waals surface area (Å²) >= 11 is 1.38. The van der Waals surface area contributed by atoms with E-state index in [4.69, 9.17) is 0 Å². The van der Waals surface area contributed by atoms with Crippen LogP contribution in [0.15, 0.2) is 33.3 Å². The molecule has 1 amide bonds. The minimum Gasteiger partial charge on any atom is -0.349 e. The molecule has 23 heavy (non-hydrogen) atoms. The van der Waals surface area contributed by atoms with E-state index < -0.39 is 11.2 Å². The van der Waals surface area contributed by atoms with Gasteiger partial charge in [0.2, 0.25) is 0 Å². The third kappa shape index (κ3) is 3.04. The standard InChI is InChI=1S/C14H13N5O3S/c1-8-17-10(7-23-8)12(20)16-5-6-19-13(21)9-3-2-4-15-11(9)18-14(19)22/h2-4,7H,5-6H2,1H3,(H,16,20)(H,15,18,22). The lowest BCUT2D eigenvalue weighted by atomic mass is 10.3. The Hall–Kier alpha value is -2.81. The number of carbonyl (C=O) groups excluding carboxylic acids is 1. The molecule has 3 aromatic rings. The lowest BCUT2D eigenvalue weighted by Crippen LogP contribution is -2.39. The second-order valence-corrected chi connectivity index (χ2v) is 5.86. The molecule has 0 atom stereocenters. The van der Waals surface area contributed by atoms with Gasteiger partial charge in [0.15, 0.2) is 0 Å². The first-order valence-electron chi connectivity index (χ1n) is 6.84. The number of aromatic amines is 1. The van der Waals surface area contributed by atoms with E-state index in [2.05, 4.69) is 20.3 Å². The Kier molecular flexibility index (Phi) is 4.02. The molecule has 3 rings (SSSR count). The average molecular weight is 331 g/mol. The van der Waals surface area contributed by atoms with Gasteiger partial charge in [-0.05, 0) is 19.1 Å². The fraction of sp³-hybridized carbons (Fsp3) is 0.214. The fourth-order valence-corrected chi connectivity index (χ4v) is 2.72. The summed E-state index contributed by atoms with van der Waals surface area (Å²) in [6.07, 6.45) is 1.50. The molecular formula is C14H13N5O3S. The van der Waals surface area contributed by atoms with Crippen LogP contribution in [0.3, 0.4) is 0 Å². The van der Waals surface area contributed by atoms with Crippen molar-refractivity contribution in [2.24, 2.45) is 0 Å². The predicted molar refractivity (Wildman–Crippen MR) is 85.8 cm³/mol. The summed E-state index contributed by atoms with van der Waals surface area (Å²) in [7, 11) is 0. The van der Waals surface area contributed by atoms with Crippen molar-refractivity contribution in [1.82, 2.24) is 24.8 Å². The molecule has 0 spiro atoms. The van der Waals surface area contributed by atoms with Crippen LogP contribution in [0.2, 0.25) is 0 Å². The quantitative estimate of drug-likeness (QED) is 0.713. The van der Waals surface area contributed by atoms with E-state index in [-0.39, 0.29) is 24.6 Å². The maximum absolute atomic E-state index is 12.3. The highest BCUT2D eigenvalue weighted by Gasteiger charge is 2.10. The van der Waals surface area contributed by atoms with Gasteiger partial charge in [-0.3, -0.25) is 19.1 Å². The van der Waals surface area contributed by atoms with Gasteiger partial charge in [-0.15, -0.1) is 11.3 Å². The van der Waals surface area contributed by atoms with Crippen LogP contribution in [0, 0.1) is 6.92 Å². The topological polar surface area (TPSA) is 110 Å². The molecule has 2 N–H and O–H groups in total. The number of carbonyl (C=O) groups is 1. The molecule has 0 aliphatic carbocycles. The second kappa shape index (κ2) is 6.13. The summed E-state index contributed by atoms with van der Waals surface area (Å²) in [4.78, 5) is 46.7. The van der Waals surface area contributed by atoms with Gasteiger partial charge in [-0.1, -0.05) is 0 Å². The van der Waals surface area contributed by atoms with Crippen molar-refractivity contribution in [3.05, 3.63) is 55.2 Å². The number of amides is 1. The third-order valence-corrected chi connectivity index (χ3v) is 4.00. The first-order chi connectivity index (χ1) is 11.1. The monoisotopic (exact) mass is 331 g/mol. The van der Waals surface area contributed by atoms with Gasteiger partial charge in [0, 0.05) is 24.7 Å². The summed E-state index contributed by atoms with van der Waals surface area (Å²) in [5, 5.41) is 5.42. The van der Waals surface area contributed by atoms with E-state index in [1.165, 1.54) is 17.5 Å². The molecule has 0 unspecified atom stereocenters. The smallest absolute Gasteiger partial charge is 0.330 e. The van der Waals surface area contributed by atoms with Crippen LogP contribution in [0.4, 0.5) is 0 Å². The number of hydrogen-bond donors (Lipinski definition) is 2. The normalized spacial score (nSPS) is 10.8. The molecule has 0 aliphatic heterocycles. The molecule has 3 heterocycles. The largest absolute Gasteiger partial charge is 0.349 e. The number of nitrogens with one attached hydrogen (secondary N) is 2. The highest BCUT2D eigenvalue weighted by atomic mass is 32.1. The van der Waals surface area contributed by atoms with E-state index >= 15 is 0 Å². The number of H-pyrrole nitrogens is 1. The number of hydrogen-bond acceptors (Lipinski definition) is 6. The molecule has 0 aliphatic rings. The minimum absolute atomic E-state index is 0.0634. The minimum atomic E-state index is -0.556.